The molecule has 0 unspecified atom stereocenters. The second kappa shape index (κ2) is 3.69. The molecule has 6 nitrogen and oxygen atoms in total. The maximum atomic E-state index is 12.1. The lowest BCUT2D eigenvalue weighted by Crippen LogP contribution is -2.28. The first kappa shape index (κ1) is 10.5. The molecule has 1 aromatic heterocycles. The highest BCUT2D eigenvalue weighted by Crippen LogP contribution is 2.26. The van der Waals surface area contributed by atoms with Crippen molar-refractivity contribution in [2.45, 2.75) is 6.54 Å². The molecule has 2 N–H and O–H groups in total. The van der Waals surface area contributed by atoms with Crippen molar-refractivity contribution in [1.29, 1.82) is 0 Å². The summed E-state index contributed by atoms with van der Waals surface area (Å²) in [6.07, 6.45) is 1.46. The molecular formula is C12H9N3O3. The molecule has 1 aliphatic heterocycles. The van der Waals surface area contributed by atoms with Gasteiger partial charge in [0.2, 0.25) is 0 Å². The zero-order chi connectivity index (χ0) is 12.7. The van der Waals surface area contributed by atoms with Gasteiger partial charge in [-0.3, -0.25) is 14.5 Å². The van der Waals surface area contributed by atoms with Crippen LogP contribution in [0.25, 0.3) is 0 Å². The molecule has 0 spiro atoms. The Bertz CT molecular complexity index is 634. The predicted molar refractivity (Wildman–Crippen MR) is 61.6 cm³/mol. The Balaban J connectivity index is 1.97. The minimum Gasteiger partial charge on any atom is -0.399 e. The molecule has 0 saturated carbocycles. The molecule has 0 aliphatic carbocycles. The number of amides is 2. The number of anilines is 1. The summed E-state index contributed by atoms with van der Waals surface area (Å²) in [5.41, 5.74) is 6.77. The molecule has 18 heavy (non-hydrogen) atoms. The SMILES string of the molecule is Nc1ccc2c(c1)C(=O)N(Cc1ccno1)C2=O. The molecule has 0 fully saturated rings. The fraction of sp³-hybridized carbons (Fsp3) is 0.0833. The number of hydrogen-bond acceptors (Lipinski definition) is 5. The minimum atomic E-state index is -0.362. The van der Waals surface area contributed by atoms with Crippen LogP contribution in [0.3, 0.4) is 0 Å². The number of benzene rings is 1. The van der Waals surface area contributed by atoms with Crippen molar-refractivity contribution in [3.05, 3.63) is 47.3 Å². The summed E-state index contributed by atoms with van der Waals surface area (Å²) in [6.45, 7) is 0.0756. The third-order valence-corrected chi connectivity index (χ3v) is 2.80. The van der Waals surface area contributed by atoms with Crippen molar-refractivity contribution < 1.29 is 14.1 Å². The standard InChI is InChI=1S/C12H9N3O3/c13-7-1-2-9-10(5-7)12(17)15(11(9)16)6-8-3-4-14-18-8/h1-5H,6,13H2. The van der Waals surface area contributed by atoms with Crippen molar-refractivity contribution in [1.82, 2.24) is 10.1 Å². The Morgan fingerprint density at radius 3 is 2.67 bits per heavy atom. The minimum absolute atomic E-state index is 0.0756. The molecule has 0 bridgehead atoms. The number of aromatic nitrogens is 1. The van der Waals surface area contributed by atoms with E-state index in [2.05, 4.69) is 5.16 Å². The molecule has 1 aromatic carbocycles. The quantitative estimate of drug-likeness (QED) is 0.629. The highest BCUT2D eigenvalue weighted by molar-refractivity contribution is 6.21. The van der Waals surface area contributed by atoms with Gasteiger partial charge in [-0.25, -0.2) is 0 Å². The predicted octanol–water partition coefficient (Wildman–Crippen LogP) is 1.05. The summed E-state index contributed by atoms with van der Waals surface area (Å²) in [5.74, 6) is -0.248. The molecule has 90 valence electrons. The Morgan fingerprint density at radius 1 is 1.17 bits per heavy atom. The van der Waals surface area contributed by atoms with Crippen LogP contribution in [-0.4, -0.2) is 21.9 Å². The number of nitrogens with two attached hydrogens (primary N) is 1. The molecule has 0 radical (unpaired) electrons. The summed E-state index contributed by atoms with van der Waals surface area (Å²) in [6, 6.07) is 6.28. The normalized spacial score (nSPS) is 14.1. The van der Waals surface area contributed by atoms with E-state index in [0.717, 1.165) is 4.90 Å². The largest absolute Gasteiger partial charge is 0.399 e. The molecule has 2 aromatic rings. The van der Waals surface area contributed by atoms with Gasteiger partial charge in [0.25, 0.3) is 11.8 Å². The number of carbonyl (C=O) groups is 2. The lowest BCUT2D eigenvalue weighted by Gasteiger charge is -2.10. The highest BCUT2D eigenvalue weighted by atomic mass is 16.5. The lowest BCUT2D eigenvalue weighted by atomic mass is 10.1. The third-order valence-electron chi connectivity index (χ3n) is 2.80. The van der Waals surface area contributed by atoms with Crippen molar-refractivity contribution in [3.63, 3.8) is 0 Å². The molecule has 3 rings (SSSR count). The lowest BCUT2D eigenvalue weighted by molar-refractivity contribution is 0.0628. The Morgan fingerprint density at radius 2 is 1.94 bits per heavy atom. The second-order valence-corrected chi connectivity index (χ2v) is 3.98. The number of rotatable bonds is 2. The monoisotopic (exact) mass is 243 g/mol. The van der Waals surface area contributed by atoms with Gasteiger partial charge < -0.3 is 10.3 Å². The summed E-state index contributed by atoms with van der Waals surface area (Å²) < 4.78 is 4.89. The van der Waals surface area contributed by atoms with Crippen molar-refractivity contribution in [3.8, 4) is 0 Å². The summed E-state index contributed by atoms with van der Waals surface area (Å²) in [5, 5.41) is 3.53. The molecule has 0 saturated heterocycles. The first-order chi connectivity index (χ1) is 8.66. The van der Waals surface area contributed by atoms with E-state index in [4.69, 9.17) is 10.3 Å². The smallest absolute Gasteiger partial charge is 0.262 e. The topological polar surface area (TPSA) is 89.4 Å². The van der Waals surface area contributed by atoms with Crippen LogP contribution in [0.4, 0.5) is 5.69 Å². The van der Waals surface area contributed by atoms with Crippen molar-refractivity contribution in [2.75, 3.05) is 5.73 Å². The van der Waals surface area contributed by atoms with Gasteiger partial charge in [-0.05, 0) is 18.2 Å². The van der Waals surface area contributed by atoms with Crippen LogP contribution in [0.15, 0.2) is 35.0 Å². The van der Waals surface area contributed by atoms with Gasteiger partial charge >= 0.3 is 0 Å². The third kappa shape index (κ3) is 1.46. The molecule has 2 amide bonds. The van der Waals surface area contributed by atoms with E-state index in [1.165, 1.54) is 12.3 Å². The Hall–Kier alpha value is -2.63. The number of fused-ring (bicyclic) bond motifs is 1. The summed E-state index contributed by atoms with van der Waals surface area (Å²) in [7, 11) is 0. The van der Waals surface area contributed by atoms with Crippen LogP contribution in [-0.2, 0) is 6.54 Å². The van der Waals surface area contributed by atoms with E-state index in [-0.39, 0.29) is 18.4 Å². The van der Waals surface area contributed by atoms with Crippen LogP contribution in [0.1, 0.15) is 26.5 Å². The maximum Gasteiger partial charge on any atom is 0.262 e. The summed E-state index contributed by atoms with van der Waals surface area (Å²) in [4.78, 5) is 25.2. The van der Waals surface area contributed by atoms with Crippen molar-refractivity contribution in [2.24, 2.45) is 0 Å². The fourth-order valence-electron chi connectivity index (χ4n) is 1.93. The van der Waals surface area contributed by atoms with Crippen LogP contribution in [0.2, 0.25) is 0 Å². The first-order valence-corrected chi connectivity index (χ1v) is 5.32. The van der Waals surface area contributed by atoms with E-state index >= 15 is 0 Å². The van der Waals surface area contributed by atoms with Gasteiger partial charge in [-0.1, -0.05) is 5.16 Å². The van der Waals surface area contributed by atoms with E-state index in [0.29, 0.717) is 22.6 Å². The van der Waals surface area contributed by atoms with Gasteiger partial charge in [0.1, 0.15) is 0 Å². The van der Waals surface area contributed by atoms with Gasteiger partial charge in [-0.2, -0.15) is 0 Å². The zero-order valence-corrected chi connectivity index (χ0v) is 9.29. The average Bonchev–Trinajstić information content (AvgIpc) is 2.93. The number of hydrogen-bond donors (Lipinski definition) is 1. The second-order valence-electron chi connectivity index (χ2n) is 3.98. The molecular weight excluding hydrogens is 234 g/mol. The number of imide groups is 1. The Labute approximate surface area is 102 Å². The number of nitrogen functional groups attached to an aromatic ring is 1. The average molecular weight is 243 g/mol. The fourth-order valence-corrected chi connectivity index (χ4v) is 1.93. The van der Waals surface area contributed by atoms with Crippen LogP contribution < -0.4 is 5.73 Å². The molecule has 6 heteroatoms. The molecule has 0 atom stereocenters. The van der Waals surface area contributed by atoms with Gasteiger partial charge in [0.05, 0.1) is 23.9 Å². The van der Waals surface area contributed by atoms with Gasteiger partial charge in [-0.15, -0.1) is 0 Å². The van der Waals surface area contributed by atoms with E-state index in [1.807, 2.05) is 0 Å². The van der Waals surface area contributed by atoms with Crippen LogP contribution in [0, 0.1) is 0 Å². The number of carbonyl (C=O) groups excluding carboxylic acids is 2. The van der Waals surface area contributed by atoms with Gasteiger partial charge in [0, 0.05) is 11.8 Å². The van der Waals surface area contributed by atoms with E-state index in [1.54, 1.807) is 18.2 Å². The van der Waals surface area contributed by atoms with Crippen LogP contribution >= 0.6 is 0 Å². The van der Waals surface area contributed by atoms with Crippen molar-refractivity contribution >= 4 is 17.5 Å². The van der Waals surface area contributed by atoms with Crippen LogP contribution in [0.5, 0.6) is 0 Å². The maximum absolute atomic E-state index is 12.1. The first-order valence-electron chi connectivity index (χ1n) is 5.32. The molecule has 2 heterocycles. The molecule has 1 aliphatic rings. The Kier molecular flexibility index (Phi) is 2.16. The van der Waals surface area contributed by atoms with E-state index < -0.39 is 0 Å². The van der Waals surface area contributed by atoms with Gasteiger partial charge in [0.15, 0.2) is 5.76 Å². The highest BCUT2D eigenvalue weighted by Gasteiger charge is 2.36. The zero-order valence-electron chi connectivity index (χ0n) is 9.29. The van der Waals surface area contributed by atoms with E-state index in [9.17, 15) is 9.59 Å². The number of nitrogens with zero attached hydrogens (tertiary/aromatic N) is 2. The summed E-state index contributed by atoms with van der Waals surface area (Å²) >= 11 is 0.